The fraction of sp³-hybridized carbons (Fsp3) is 0.192. The molecule has 1 heterocycles. The molecule has 4 aromatic rings. The zero-order valence-corrected chi connectivity index (χ0v) is 18.9. The van der Waals surface area contributed by atoms with E-state index in [0.29, 0.717) is 5.69 Å². The van der Waals surface area contributed by atoms with Gasteiger partial charge in [0.25, 0.3) is 10.1 Å². The molecule has 0 aliphatic heterocycles. The molecule has 0 spiro atoms. The second-order valence-corrected chi connectivity index (χ2v) is 9.75. The number of benzene rings is 3. The highest BCUT2D eigenvalue weighted by molar-refractivity contribution is 7.86. The maximum Gasteiger partial charge on any atom is 0.297 e. The summed E-state index contributed by atoms with van der Waals surface area (Å²) in [7, 11) is -3.94. The molecule has 3 aromatic carbocycles. The molecule has 32 heavy (non-hydrogen) atoms. The molecule has 0 saturated heterocycles. The van der Waals surface area contributed by atoms with Crippen LogP contribution in [0.1, 0.15) is 31.2 Å². The van der Waals surface area contributed by atoms with Crippen molar-refractivity contribution in [3.63, 3.8) is 0 Å². The molecular formula is C26H24FNO3S. The summed E-state index contributed by atoms with van der Waals surface area (Å²) in [4.78, 5) is 4.81. The summed E-state index contributed by atoms with van der Waals surface area (Å²) in [5, 5.41) is 0.902. The molecule has 6 heteroatoms. The lowest BCUT2D eigenvalue weighted by Gasteiger charge is -2.21. The molecule has 0 radical (unpaired) electrons. The number of rotatable bonds is 6. The quantitative estimate of drug-likeness (QED) is 0.317. The molecule has 4 rings (SSSR count). The van der Waals surface area contributed by atoms with E-state index in [1.807, 2.05) is 45.0 Å². The third-order valence-corrected chi connectivity index (χ3v) is 6.64. The molecule has 0 aliphatic rings. The van der Waals surface area contributed by atoms with Gasteiger partial charge in [-0.25, -0.2) is 9.37 Å². The minimum absolute atomic E-state index is 0.112. The second-order valence-electron chi connectivity index (χ2n) is 8.18. The van der Waals surface area contributed by atoms with Crippen molar-refractivity contribution in [3.8, 4) is 11.1 Å². The molecule has 0 saturated carbocycles. The van der Waals surface area contributed by atoms with Gasteiger partial charge in [-0.15, -0.1) is 0 Å². The highest BCUT2D eigenvalue weighted by Gasteiger charge is 2.27. The topological polar surface area (TPSA) is 56.3 Å². The monoisotopic (exact) mass is 449 g/mol. The molecule has 0 fully saturated rings. The van der Waals surface area contributed by atoms with Gasteiger partial charge in [-0.05, 0) is 66.4 Å². The van der Waals surface area contributed by atoms with Gasteiger partial charge in [0.2, 0.25) is 0 Å². The predicted octanol–water partition coefficient (Wildman–Crippen LogP) is 6.45. The van der Waals surface area contributed by atoms with E-state index in [1.54, 1.807) is 42.5 Å². The molecule has 0 amide bonds. The number of fused-ring (bicyclic) bond motifs is 1. The third kappa shape index (κ3) is 4.71. The maximum atomic E-state index is 13.2. The Hall–Kier alpha value is -3.09. The first-order chi connectivity index (χ1) is 15.2. The first-order valence-corrected chi connectivity index (χ1v) is 11.8. The van der Waals surface area contributed by atoms with E-state index in [9.17, 15) is 12.8 Å². The van der Waals surface area contributed by atoms with Gasteiger partial charge >= 0.3 is 0 Å². The van der Waals surface area contributed by atoms with Crippen molar-refractivity contribution < 1.29 is 17.0 Å². The number of hydrogen-bond donors (Lipinski definition) is 0. The van der Waals surface area contributed by atoms with Crippen molar-refractivity contribution in [2.24, 2.45) is 5.92 Å². The van der Waals surface area contributed by atoms with Gasteiger partial charge in [0.05, 0.1) is 16.1 Å². The van der Waals surface area contributed by atoms with Crippen molar-refractivity contribution in [3.05, 3.63) is 95.9 Å². The van der Waals surface area contributed by atoms with Gasteiger partial charge in [-0.1, -0.05) is 55.8 Å². The normalized spacial score (nSPS) is 12.9. The van der Waals surface area contributed by atoms with E-state index in [1.165, 1.54) is 12.1 Å². The zero-order valence-electron chi connectivity index (χ0n) is 18.1. The summed E-state index contributed by atoms with van der Waals surface area (Å²) in [5.41, 5.74) is 4.12. The third-order valence-electron chi connectivity index (χ3n) is 5.33. The first kappa shape index (κ1) is 22.1. The van der Waals surface area contributed by atoms with Gasteiger partial charge < -0.3 is 0 Å². The number of pyridine rings is 1. The van der Waals surface area contributed by atoms with E-state index in [4.69, 9.17) is 4.18 Å². The summed E-state index contributed by atoms with van der Waals surface area (Å²) < 4.78 is 44.5. The smallest absolute Gasteiger partial charge is 0.256 e. The second kappa shape index (κ2) is 8.81. The lowest BCUT2D eigenvalue weighted by atomic mass is 10.0. The highest BCUT2D eigenvalue weighted by Crippen LogP contribution is 2.31. The van der Waals surface area contributed by atoms with Gasteiger partial charge in [0.15, 0.2) is 0 Å². The van der Waals surface area contributed by atoms with Gasteiger partial charge in [0, 0.05) is 5.39 Å². The largest absolute Gasteiger partial charge is 0.297 e. The number of nitrogens with zero attached hydrogens (tertiary/aromatic N) is 1. The van der Waals surface area contributed by atoms with Gasteiger partial charge in [-0.3, -0.25) is 4.18 Å². The van der Waals surface area contributed by atoms with E-state index in [-0.39, 0.29) is 16.6 Å². The molecule has 0 bridgehead atoms. The number of aryl methyl sites for hydroxylation is 1. The van der Waals surface area contributed by atoms with Crippen LogP contribution in [-0.4, -0.2) is 13.4 Å². The minimum Gasteiger partial charge on any atom is -0.256 e. The van der Waals surface area contributed by atoms with Crippen LogP contribution >= 0.6 is 0 Å². The van der Waals surface area contributed by atoms with Crippen molar-refractivity contribution in [2.45, 2.75) is 31.8 Å². The molecule has 1 aromatic heterocycles. The lowest BCUT2D eigenvalue weighted by Crippen LogP contribution is -2.18. The number of hydrogen-bond acceptors (Lipinski definition) is 4. The molecular weight excluding hydrogens is 425 g/mol. The highest BCUT2D eigenvalue weighted by atomic mass is 32.2. The first-order valence-electron chi connectivity index (χ1n) is 10.4. The van der Waals surface area contributed by atoms with E-state index < -0.39 is 16.2 Å². The zero-order chi connectivity index (χ0) is 22.9. The Kier molecular flexibility index (Phi) is 6.09. The van der Waals surface area contributed by atoms with Crippen LogP contribution < -0.4 is 0 Å². The van der Waals surface area contributed by atoms with Crippen LogP contribution in [0.4, 0.5) is 4.39 Å². The lowest BCUT2D eigenvalue weighted by molar-refractivity contribution is 0.157. The predicted molar refractivity (Wildman–Crippen MR) is 124 cm³/mol. The van der Waals surface area contributed by atoms with Crippen LogP contribution in [0.2, 0.25) is 0 Å². The van der Waals surface area contributed by atoms with Crippen LogP contribution in [0.3, 0.4) is 0 Å². The molecule has 1 atom stereocenters. The van der Waals surface area contributed by atoms with Crippen molar-refractivity contribution >= 4 is 21.0 Å². The van der Waals surface area contributed by atoms with Crippen LogP contribution in [0.25, 0.3) is 22.0 Å². The van der Waals surface area contributed by atoms with E-state index in [0.717, 1.165) is 27.6 Å². The Morgan fingerprint density at radius 3 is 2.16 bits per heavy atom. The molecule has 164 valence electrons. The van der Waals surface area contributed by atoms with Gasteiger partial charge in [0.1, 0.15) is 11.9 Å². The Morgan fingerprint density at radius 2 is 1.50 bits per heavy atom. The molecule has 4 nitrogen and oxygen atoms in total. The summed E-state index contributed by atoms with van der Waals surface area (Å²) in [6, 6.07) is 22.4. The molecule has 0 N–H and O–H groups in total. The van der Waals surface area contributed by atoms with Crippen LogP contribution in [0.5, 0.6) is 0 Å². The molecule has 0 aliphatic carbocycles. The fourth-order valence-corrected chi connectivity index (χ4v) is 4.69. The Bertz CT molecular complexity index is 1350. The fourth-order valence-electron chi connectivity index (χ4n) is 3.52. The number of halogens is 1. The number of aromatic nitrogens is 1. The molecule has 1 unspecified atom stereocenters. The average molecular weight is 450 g/mol. The average Bonchev–Trinajstić information content (AvgIpc) is 2.77. The summed E-state index contributed by atoms with van der Waals surface area (Å²) in [6.45, 7) is 5.70. The minimum atomic E-state index is -3.94. The summed E-state index contributed by atoms with van der Waals surface area (Å²) in [5.74, 6) is -0.389. The van der Waals surface area contributed by atoms with Crippen molar-refractivity contribution in [1.29, 1.82) is 0 Å². The van der Waals surface area contributed by atoms with E-state index >= 15 is 0 Å². The maximum absolute atomic E-state index is 13.2. The Morgan fingerprint density at radius 1 is 0.844 bits per heavy atom. The van der Waals surface area contributed by atoms with Crippen molar-refractivity contribution in [1.82, 2.24) is 4.98 Å². The summed E-state index contributed by atoms with van der Waals surface area (Å²) in [6.07, 6.45) is -0.720. The van der Waals surface area contributed by atoms with Gasteiger partial charge in [-0.2, -0.15) is 8.42 Å². The van der Waals surface area contributed by atoms with E-state index in [2.05, 4.69) is 4.98 Å². The SMILES string of the molecule is Cc1ccc(S(=O)(=O)OC(c2ccc3cc(-c4ccc(F)cc4)ccc3n2)C(C)C)cc1. The van der Waals surface area contributed by atoms with Crippen LogP contribution in [0.15, 0.2) is 83.8 Å². The Balaban J connectivity index is 1.66. The van der Waals surface area contributed by atoms with Crippen LogP contribution in [0, 0.1) is 18.7 Å². The summed E-state index contributed by atoms with van der Waals surface area (Å²) >= 11 is 0. The van der Waals surface area contributed by atoms with Crippen LogP contribution in [-0.2, 0) is 14.3 Å². The van der Waals surface area contributed by atoms with Crippen molar-refractivity contribution in [2.75, 3.05) is 0 Å². The standard InChI is InChI=1S/C26H24FNO3S/c1-17(2)26(31-32(29,30)23-12-4-18(3)5-13-23)25-15-9-21-16-20(8-14-24(21)28-25)19-6-10-22(27)11-7-19/h4-17,26H,1-3H3. The Labute approximate surface area is 187 Å².